The molecule has 1 fully saturated rings. The Hall–Kier alpha value is -1.73. The van der Waals surface area contributed by atoms with Gasteiger partial charge in [-0.3, -0.25) is 15.1 Å². The maximum Gasteiger partial charge on any atom is 0.310 e. The monoisotopic (exact) mass is 281 g/mol. The van der Waals surface area contributed by atoms with E-state index in [1.807, 2.05) is 0 Å². The van der Waals surface area contributed by atoms with E-state index in [-0.39, 0.29) is 5.69 Å². The zero-order chi connectivity index (χ0) is 14.2. The van der Waals surface area contributed by atoms with Gasteiger partial charge in [0.2, 0.25) is 0 Å². The number of nitrogens with zero attached hydrogens (tertiary/aromatic N) is 2. The van der Waals surface area contributed by atoms with Gasteiger partial charge in [-0.15, -0.1) is 0 Å². The van der Waals surface area contributed by atoms with Crippen molar-refractivity contribution in [2.45, 2.75) is 12.8 Å². The van der Waals surface area contributed by atoms with E-state index in [9.17, 15) is 10.1 Å². The van der Waals surface area contributed by atoms with E-state index in [1.54, 1.807) is 6.07 Å². The van der Waals surface area contributed by atoms with Gasteiger partial charge >= 0.3 is 5.69 Å². The predicted octanol–water partition coefficient (Wildman–Crippen LogP) is 1.84. The summed E-state index contributed by atoms with van der Waals surface area (Å²) in [6.07, 6.45) is 4.65. The number of pyridine rings is 1. The summed E-state index contributed by atoms with van der Waals surface area (Å²) in [6.45, 7) is 3.63. The standard InChI is InChI=1S/C13H19N3O4/c17-16(18)13-8-14-5-2-12(13)15-4-1-6-19-9-11-3-7-20-10-11/h2,5,8,11H,1,3-4,6-7,9-10H2,(H,14,15)/t11-/m0/s1. The van der Waals surface area contributed by atoms with E-state index in [0.717, 1.165) is 32.7 Å². The smallest absolute Gasteiger partial charge is 0.310 e. The number of nitrogens with one attached hydrogen (secondary N) is 1. The van der Waals surface area contributed by atoms with Gasteiger partial charge in [-0.2, -0.15) is 0 Å². The summed E-state index contributed by atoms with van der Waals surface area (Å²) in [6, 6.07) is 1.61. The minimum absolute atomic E-state index is 0.00322. The van der Waals surface area contributed by atoms with E-state index < -0.39 is 4.92 Å². The molecule has 1 atom stereocenters. The lowest BCUT2D eigenvalue weighted by Crippen LogP contribution is -2.12. The van der Waals surface area contributed by atoms with Crippen LogP contribution < -0.4 is 5.32 Å². The highest BCUT2D eigenvalue weighted by molar-refractivity contribution is 5.59. The van der Waals surface area contributed by atoms with Crippen molar-refractivity contribution in [3.8, 4) is 0 Å². The molecular weight excluding hydrogens is 262 g/mol. The Labute approximate surface area is 117 Å². The van der Waals surface area contributed by atoms with Crippen molar-refractivity contribution in [3.05, 3.63) is 28.6 Å². The molecule has 7 heteroatoms. The van der Waals surface area contributed by atoms with Crippen molar-refractivity contribution < 1.29 is 14.4 Å². The summed E-state index contributed by atoms with van der Waals surface area (Å²) in [5.74, 6) is 0.518. The summed E-state index contributed by atoms with van der Waals surface area (Å²) in [7, 11) is 0. The summed E-state index contributed by atoms with van der Waals surface area (Å²) in [5, 5.41) is 13.8. The molecular formula is C13H19N3O4. The van der Waals surface area contributed by atoms with Crippen LogP contribution in [0.1, 0.15) is 12.8 Å². The van der Waals surface area contributed by atoms with Crippen LogP contribution in [0.2, 0.25) is 0 Å². The van der Waals surface area contributed by atoms with Gasteiger partial charge in [0, 0.05) is 31.9 Å². The highest BCUT2D eigenvalue weighted by atomic mass is 16.6. The van der Waals surface area contributed by atoms with Crippen molar-refractivity contribution in [2.24, 2.45) is 5.92 Å². The first-order valence-electron chi connectivity index (χ1n) is 6.75. The van der Waals surface area contributed by atoms with E-state index in [0.29, 0.717) is 24.8 Å². The van der Waals surface area contributed by atoms with Gasteiger partial charge in [0.05, 0.1) is 18.1 Å². The van der Waals surface area contributed by atoms with E-state index >= 15 is 0 Å². The molecule has 1 saturated heterocycles. The first kappa shape index (κ1) is 14.7. The Morgan fingerprint density at radius 2 is 2.50 bits per heavy atom. The third-order valence-corrected chi connectivity index (χ3v) is 3.16. The Morgan fingerprint density at radius 3 is 3.25 bits per heavy atom. The highest BCUT2D eigenvalue weighted by Gasteiger charge is 2.15. The molecule has 1 aromatic rings. The number of ether oxygens (including phenoxy) is 2. The molecule has 0 saturated carbocycles. The molecule has 7 nitrogen and oxygen atoms in total. The summed E-state index contributed by atoms with van der Waals surface area (Å²) in [5.41, 5.74) is 0.491. The van der Waals surface area contributed by atoms with Crippen LogP contribution in [0.4, 0.5) is 11.4 Å². The maximum atomic E-state index is 10.8. The SMILES string of the molecule is O=[N+]([O-])c1cnccc1NCCCOC[C@@H]1CCOC1. The first-order valence-corrected chi connectivity index (χ1v) is 6.75. The van der Waals surface area contributed by atoms with Gasteiger partial charge in [0.25, 0.3) is 0 Å². The van der Waals surface area contributed by atoms with Gasteiger partial charge in [-0.05, 0) is 18.9 Å². The average Bonchev–Trinajstić information content (AvgIpc) is 2.96. The van der Waals surface area contributed by atoms with Crippen molar-refractivity contribution >= 4 is 11.4 Å². The van der Waals surface area contributed by atoms with Gasteiger partial charge in [0.1, 0.15) is 11.9 Å². The molecule has 20 heavy (non-hydrogen) atoms. The van der Waals surface area contributed by atoms with Crippen LogP contribution in [0.3, 0.4) is 0 Å². The number of anilines is 1. The van der Waals surface area contributed by atoms with Crippen LogP contribution in [0.5, 0.6) is 0 Å². The first-order chi connectivity index (χ1) is 9.77. The number of aromatic nitrogens is 1. The molecule has 2 heterocycles. The van der Waals surface area contributed by atoms with E-state index in [1.165, 1.54) is 12.4 Å². The molecule has 1 aliphatic heterocycles. The van der Waals surface area contributed by atoms with Crippen molar-refractivity contribution in [3.63, 3.8) is 0 Å². The second-order valence-electron chi connectivity index (χ2n) is 4.73. The van der Waals surface area contributed by atoms with Crippen LogP contribution in [0, 0.1) is 16.0 Å². The molecule has 1 aromatic heterocycles. The van der Waals surface area contributed by atoms with Crippen LogP contribution in [-0.4, -0.2) is 42.9 Å². The molecule has 0 bridgehead atoms. The summed E-state index contributed by atoms with van der Waals surface area (Å²) < 4.78 is 10.8. The van der Waals surface area contributed by atoms with Crippen LogP contribution in [-0.2, 0) is 9.47 Å². The van der Waals surface area contributed by atoms with Crippen molar-refractivity contribution in [1.29, 1.82) is 0 Å². The molecule has 2 rings (SSSR count). The molecule has 0 aliphatic carbocycles. The number of hydrogen-bond donors (Lipinski definition) is 1. The van der Waals surface area contributed by atoms with Crippen LogP contribution >= 0.6 is 0 Å². The third-order valence-electron chi connectivity index (χ3n) is 3.16. The molecule has 0 unspecified atom stereocenters. The second-order valence-corrected chi connectivity index (χ2v) is 4.73. The summed E-state index contributed by atoms with van der Waals surface area (Å²) in [4.78, 5) is 14.1. The summed E-state index contributed by atoms with van der Waals surface area (Å²) >= 11 is 0. The van der Waals surface area contributed by atoms with Crippen molar-refractivity contribution in [1.82, 2.24) is 4.98 Å². The van der Waals surface area contributed by atoms with E-state index in [4.69, 9.17) is 9.47 Å². The maximum absolute atomic E-state index is 10.8. The normalized spacial score (nSPS) is 18.1. The van der Waals surface area contributed by atoms with Gasteiger partial charge in [-0.25, -0.2) is 0 Å². The molecule has 1 aliphatic rings. The van der Waals surface area contributed by atoms with Gasteiger partial charge in [-0.1, -0.05) is 0 Å². The Kier molecular flexibility index (Phi) is 5.69. The molecule has 0 amide bonds. The van der Waals surface area contributed by atoms with Gasteiger partial charge < -0.3 is 14.8 Å². The molecule has 0 radical (unpaired) electrons. The molecule has 0 spiro atoms. The Balaban J connectivity index is 1.62. The average molecular weight is 281 g/mol. The minimum Gasteiger partial charge on any atom is -0.381 e. The highest BCUT2D eigenvalue weighted by Crippen LogP contribution is 2.21. The van der Waals surface area contributed by atoms with E-state index in [2.05, 4.69) is 10.3 Å². The van der Waals surface area contributed by atoms with Crippen LogP contribution in [0.25, 0.3) is 0 Å². The molecule has 1 N–H and O–H groups in total. The lowest BCUT2D eigenvalue weighted by molar-refractivity contribution is -0.384. The quantitative estimate of drug-likeness (QED) is 0.444. The topological polar surface area (TPSA) is 86.5 Å². The second kappa shape index (κ2) is 7.76. The lowest BCUT2D eigenvalue weighted by atomic mass is 10.1. The number of nitro groups is 1. The fourth-order valence-electron chi connectivity index (χ4n) is 2.04. The Bertz CT molecular complexity index is 435. The third kappa shape index (κ3) is 4.43. The zero-order valence-electron chi connectivity index (χ0n) is 11.3. The largest absolute Gasteiger partial charge is 0.381 e. The Morgan fingerprint density at radius 1 is 1.60 bits per heavy atom. The van der Waals surface area contributed by atoms with Crippen LogP contribution in [0.15, 0.2) is 18.5 Å². The predicted molar refractivity (Wildman–Crippen MR) is 73.7 cm³/mol. The fourth-order valence-corrected chi connectivity index (χ4v) is 2.04. The molecule has 110 valence electrons. The van der Waals surface area contributed by atoms with Crippen molar-refractivity contribution in [2.75, 3.05) is 38.3 Å². The fraction of sp³-hybridized carbons (Fsp3) is 0.615. The zero-order valence-corrected chi connectivity index (χ0v) is 11.3. The number of hydrogen-bond acceptors (Lipinski definition) is 6. The minimum atomic E-state index is -0.439. The lowest BCUT2D eigenvalue weighted by Gasteiger charge is -2.09. The number of rotatable bonds is 8. The van der Waals surface area contributed by atoms with Gasteiger partial charge in [0.15, 0.2) is 0 Å². The molecule has 0 aromatic carbocycles.